The van der Waals surface area contributed by atoms with Crippen LogP contribution >= 0.6 is 0 Å². The molecule has 7 heteroatoms. The van der Waals surface area contributed by atoms with Gasteiger partial charge in [0.15, 0.2) is 5.82 Å². The van der Waals surface area contributed by atoms with Crippen LogP contribution in [-0.2, 0) is 6.54 Å². The zero-order chi connectivity index (χ0) is 8.55. The molecule has 12 heavy (non-hydrogen) atoms. The molecule has 0 amide bonds. The Morgan fingerprint density at radius 3 is 3.17 bits per heavy atom. The van der Waals surface area contributed by atoms with Gasteiger partial charge in [0.2, 0.25) is 0 Å². The Bertz CT molecular complexity index is 395. The second-order valence-corrected chi connectivity index (χ2v) is 2.19. The first kappa shape index (κ1) is 6.92. The molecule has 0 aromatic carbocycles. The summed E-state index contributed by atoms with van der Waals surface area (Å²) in [5.74, 6) is 5.35. The summed E-state index contributed by atoms with van der Waals surface area (Å²) in [5, 5.41) is 7.34. The number of azo groups is 1. The Morgan fingerprint density at radius 1 is 1.58 bits per heavy atom. The molecule has 3 N–H and O–H groups in total. The molecule has 0 spiro atoms. The number of hydrogen-bond acceptors (Lipinski definition) is 6. The van der Waals surface area contributed by atoms with E-state index in [0.717, 1.165) is 0 Å². The van der Waals surface area contributed by atoms with Gasteiger partial charge < -0.3 is 4.84 Å². The normalized spacial score (nSPS) is 13.1. The summed E-state index contributed by atoms with van der Waals surface area (Å²) in [6, 6.07) is 0. The number of nitrogens with two attached hydrogens (primary N) is 1. The van der Waals surface area contributed by atoms with Crippen molar-refractivity contribution in [3.05, 3.63) is 16.0 Å². The van der Waals surface area contributed by atoms with E-state index >= 15 is 0 Å². The average molecular weight is 167 g/mol. The molecular weight excluding hydrogens is 162 g/mol. The second kappa shape index (κ2) is 2.38. The molecule has 7 nitrogen and oxygen atoms in total. The van der Waals surface area contributed by atoms with Crippen LogP contribution in [0.3, 0.4) is 0 Å². The summed E-state index contributed by atoms with van der Waals surface area (Å²) in [4.78, 5) is 21.1. The van der Waals surface area contributed by atoms with E-state index in [0.29, 0.717) is 17.9 Å². The van der Waals surface area contributed by atoms with E-state index in [1.807, 2.05) is 0 Å². The molecule has 2 rings (SSSR count). The topological polar surface area (TPSA) is 106 Å². The van der Waals surface area contributed by atoms with Crippen LogP contribution in [0, 0.1) is 0 Å². The van der Waals surface area contributed by atoms with Crippen LogP contribution in [0.1, 0.15) is 5.56 Å². The van der Waals surface area contributed by atoms with Crippen LogP contribution in [0.15, 0.2) is 15.0 Å². The van der Waals surface area contributed by atoms with Crippen molar-refractivity contribution in [1.82, 2.24) is 9.97 Å². The molecule has 0 saturated carbocycles. The highest BCUT2D eigenvalue weighted by Gasteiger charge is 2.16. The number of nitrogens with zero attached hydrogens (tertiary/aromatic N) is 3. The Labute approximate surface area is 66.2 Å². The molecule has 0 saturated heterocycles. The molecule has 1 aromatic heterocycles. The van der Waals surface area contributed by atoms with E-state index in [4.69, 9.17) is 5.90 Å². The summed E-state index contributed by atoms with van der Waals surface area (Å²) < 4.78 is 0. The van der Waals surface area contributed by atoms with Crippen LogP contribution < -0.4 is 16.4 Å². The Balaban J connectivity index is 2.67. The maximum atomic E-state index is 10.8. The van der Waals surface area contributed by atoms with Crippen molar-refractivity contribution in [3.63, 3.8) is 0 Å². The lowest BCUT2D eigenvalue weighted by atomic mass is 10.3. The summed E-state index contributed by atoms with van der Waals surface area (Å²) in [5.41, 5.74) is 0.0622. The standard InChI is InChI=1S/C5H5N5O2/c6-12-4-2-1-7-10-3(2)8-5(11)9-4/h1,6H2,(H,8,9,11). The Hall–Kier alpha value is -1.76. The van der Waals surface area contributed by atoms with Gasteiger partial charge in [0, 0.05) is 0 Å². The van der Waals surface area contributed by atoms with Gasteiger partial charge in [-0.05, 0) is 0 Å². The minimum absolute atomic E-state index is 0.0822. The Morgan fingerprint density at radius 2 is 2.42 bits per heavy atom. The highest BCUT2D eigenvalue weighted by atomic mass is 16.6. The van der Waals surface area contributed by atoms with Gasteiger partial charge in [-0.15, -0.1) is 5.11 Å². The molecule has 1 aliphatic heterocycles. The second-order valence-electron chi connectivity index (χ2n) is 2.19. The molecule has 0 bridgehead atoms. The van der Waals surface area contributed by atoms with Crippen LogP contribution in [0.4, 0.5) is 5.82 Å². The fourth-order valence-corrected chi connectivity index (χ4v) is 0.968. The van der Waals surface area contributed by atoms with Crippen LogP contribution in [-0.4, -0.2) is 9.97 Å². The third-order valence-corrected chi connectivity index (χ3v) is 1.48. The molecular formula is C5H5N5O2. The maximum absolute atomic E-state index is 10.8. The fourth-order valence-electron chi connectivity index (χ4n) is 0.968. The number of rotatable bonds is 1. The van der Waals surface area contributed by atoms with E-state index < -0.39 is 5.69 Å². The van der Waals surface area contributed by atoms with Crippen molar-refractivity contribution in [2.45, 2.75) is 6.54 Å². The van der Waals surface area contributed by atoms with Gasteiger partial charge in [0.1, 0.15) is 0 Å². The summed E-state index contributed by atoms with van der Waals surface area (Å²) in [6.45, 7) is 0.339. The molecule has 0 radical (unpaired) electrons. The quantitative estimate of drug-likeness (QED) is 0.556. The predicted octanol–water partition coefficient (Wildman–Crippen LogP) is -0.380. The van der Waals surface area contributed by atoms with Crippen molar-refractivity contribution in [3.8, 4) is 5.88 Å². The molecule has 0 aliphatic carbocycles. The highest BCUT2D eigenvalue weighted by Crippen LogP contribution is 2.28. The lowest BCUT2D eigenvalue weighted by molar-refractivity contribution is 0.316. The first-order valence-electron chi connectivity index (χ1n) is 3.18. The third kappa shape index (κ3) is 0.873. The van der Waals surface area contributed by atoms with Crippen molar-refractivity contribution in [2.24, 2.45) is 16.1 Å². The number of H-pyrrole nitrogens is 1. The summed E-state index contributed by atoms with van der Waals surface area (Å²) in [6.07, 6.45) is 0. The molecule has 1 aliphatic rings. The number of hydrogen-bond donors (Lipinski definition) is 2. The molecule has 62 valence electrons. The lowest BCUT2D eigenvalue weighted by Crippen LogP contribution is -2.15. The van der Waals surface area contributed by atoms with E-state index in [1.165, 1.54) is 0 Å². The van der Waals surface area contributed by atoms with Crippen LogP contribution in [0.2, 0.25) is 0 Å². The number of nitrogens with one attached hydrogen (secondary N) is 1. The van der Waals surface area contributed by atoms with E-state index in [1.54, 1.807) is 0 Å². The predicted molar refractivity (Wildman–Crippen MR) is 37.9 cm³/mol. The number of fused-ring (bicyclic) bond motifs is 1. The number of aromatic nitrogens is 2. The molecule has 1 aromatic rings. The maximum Gasteiger partial charge on any atom is 0.349 e. The highest BCUT2D eigenvalue weighted by molar-refractivity contribution is 5.45. The fraction of sp³-hybridized carbons (Fsp3) is 0.200. The van der Waals surface area contributed by atoms with Gasteiger partial charge in [-0.1, -0.05) is 0 Å². The van der Waals surface area contributed by atoms with E-state index in [2.05, 4.69) is 25.0 Å². The van der Waals surface area contributed by atoms with E-state index in [-0.39, 0.29) is 5.88 Å². The molecule has 0 fully saturated rings. The van der Waals surface area contributed by atoms with Gasteiger partial charge in [-0.25, -0.2) is 4.79 Å². The lowest BCUT2D eigenvalue weighted by Gasteiger charge is -1.99. The zero-order valence-electron chi connectivity index (χ0n) is 5.94. The van der Waals surface area contributed by atoms with Crippen LogP contribution in [0.25, 0.3) is 0 Å². The van der Waals surface area contributed by atoms with Crippen molar-refractivity contribution < 1.29 is 4.84 Å². The monoisotopic (exact) mass is 167 g/mol. The first-order chi connectivity index (χ1) is 5.81. The summed E-state index contributed by atoms with van der Waals surface area (Å²) in [7, 11) is 0. The minimum atomic E-state index is -0.546. The van der Waals surface area contributed by atoms with Gasteiger partial charge in [0.25, 0.3) is 5.88 Å². The minimum Gasteiger partial charge on any atom is -0.390 e. The SMILES string of the molecule is NOc1nc(=O)[nH]c2c1CN=N2. The number of aromatic amines is 1. The molecule has 2 heterocycles. The zero-order valence-corrected chi connectivity index (χ0v) is 5.94. The Kier molecular flexibility index (Phi) is 1.37. The van der Waals surface area contributed by atoms with Crippen molar-refractivity contribution >= 4 is 5.82 Å². The van der Waals surface area contributed by atoms with E-state index in [9.17, 15) is 4.79 Å². The average Bonchev–Trinajstić information content (AvgIpc) is 2.50. The smallest absolute Gasteiger partial charge is 0.349 e. The van der Waals surface area contributed by atoms with Crippen molar-refractivity contribution in [2.75, 3.05) is 0 Å². The van der Waals surface area contributed by atoms with Gasteiger partial charge >= 0.3 is 5.69 Å². The largest absolute Gasteiger partial charge is 0.390 e. The molecule has 0 atom stereocenters. The molecule has 0 unspecified atom stereocenters. The third-order valence-electron chi connectivity index (χ3n) is 1.48. The van der Waals surface area contributed by atoms with Crippen molar-refractivity contribution in [1.29, 1.82) is 0 Å². The van der Waals surface area contributed by atoms with Gasteiger partial charge in [-0.2, -0.15) is 16.0 Å². The summed E-state index contributed by atoms with van der Waals surface area (Å²) >= 11 is 0. The van der Waals surface area contributed by atoms with Gasteiger partial charge in [-0.3, -0.25) is 4.98 Å². The van der Waals surface area contributed by atoms with Gasteiger partial charge in [0.05, 0.1) is 12.1 Å². The first-order valence-corrected chi connectivity index (χ1v) is 3.18. The van der Waals surface area contributed by atoms with Crippen LogP contribution in [0.5, 0.6) is 5.88 Å².